The molecule has 2 rings (SSSR count). The van der Waals surface area contributed by atoms with Gasteiger partial charge in [0.25, 0.3) is 0 Å². The Morgan fingerprint density at radius 1 is 1.67 bits per heavy atom. The molecule has 0 bridgehead atoms. The van der Waals surface area contributed by atoms with Gasteiger partial charge in [0.2, 0.25) is 5.91 Å². The Morgan fingerprint density at radius 3 is 3.13 bits per heavy atom. The summed E-state index contributed by atoms with van der Waals surface area (Å²) < 4.78 is 1.64. The molecule has 0 saturated heterocycles. The number of aryl methyl sites for hydroxylation is 1. The quantitative estimate of drug-likeness (QED) is 0.844. The van der Waals surface area contributed by atoms with Gasteiger partial charge in [0.1, 0.15) is 0 Å². The molecule has 2 aromatic heterocycles. The van der Waals surface area contributed by atoms with Crippen LogP contribution >= 0.6 is 11.3 Å². The number of carbonyl (C=O) groups excluding carboxylic acids is 1. The predicted octanol–water partition coefficient (Wildman–Crippen LogP) is 1.06. The third-order valence-corrected chi connectivity index (χ3v) is 2.45. The van der Waals surface area contributed by atoms with Gasteiger partial charge in [-0.3, -0.25) is 9.48 Å². The lowest BCUT2D eigenvalue weighted by molar-refractivity contribution is -0.115. The Morgan fingerprint density at radius 2 is 2.53 bits per heavy atom. The lowest BCUT2D eigenvalue weighted by Crippen LogP contribution is -2.14. The highest BCUT2D eigenvalue weighted by Crippen LogP contribution is 2.06. The Hall–Kier alpha value is -1.69. The second-order valence-corrected chi connectivity index (χ2v) is 3.83. The number of aromatic nitrogens is 3. The molecular formula is C9H10N4OS. The van der Waals surface area contributed by atoms with Crippen LogP contribution in [0.5, 0.6) is 0 Å². The van der Waals surface area contributed by atoms with E-state index in [1.165, 1.54) is 11.3 Å². The van der Waals surface area contributed by atoms with Crippen molar-refractivity contribution >= 4 is 22.9 Å². The van der Waals surface area contributed by atoms with Crippen molar-refractivity contribution in [2.45, 2.75) is 6.42 Å². The molecule has 0 radical (unpaired) electrons. The van der Waals surface area contributed by atoms with Gasteiger partial charge in [0, 0.05) is 18.6 Å². The lowest BCUT2D eigenvalue weighted by Gasteiger charge is -1.99. The Bertz CT molecular complexity index is 448. The number of amides is 1. The molecule has 0 fully saturated rings. The summed E-state index contributed by atoms with van der Waals surface area (Å²) in [6.07, 6.45) is 3.66. The average Bonchev–Trinajstić information content (AvgIpc) is 2.77. The second-order valence-electron chi connectivity index (χ2n) is 3.11. The van der Waals surface area contributed by atoms with E-state index in [9.17, 15) is 4.79 Å². The second kappa shape index (κ2) is 4.22. The number of nitrogens with zero attached hydrogens (tertiary/aromatic N) is 3. The van der Waals surface area contributed by atoms with Crippen molar-refractivity contribution in [2.75, 3.05) is 5.32 Å². The maximum Gasteiger partial charge on any atom is 0.230 e. The molecule has 0 unspecified atom stereocenters. The molecule has 0 aliphatic rings. The van der Waals surface area contributed by atoms with Crippen molar-refractivity contribution in [1.29, 1.82) is 0 Å². The molecule has 0 aromatic carbocycles. The van der Waals surface area contributed by atoms with Gasteiger partial charge < -0.3 is 5.32 Å². The molecule has 15 heavy (non-hydrogen) atoms. The van der Waals surface area contributed by atoms with E-state index in [1.807, 2.05) is 5.38 Å². The highest BCUT2D eigenvalue weighted by atomic mass is 32.1. The van der Waals surface area contributed by atoms with Crippen LogP contribution in [-0.4, -0.2) is 20.7 Å². The van der Waals surface area contributed by atoms with Crippen molar-refractivity contribution in [3.8, 4) is 0 Å². The zero-order valence-corrected chi connectivity index (χ0v) is 8.99. The van der Waals surface area contributed by atoms with E-state index in [0.717, 1.165) is 5.69 Å². The minimum absolute atomic E-state index is 0.0751. The number of thiazole rings is 1. The van der Waals surface area contributed by atoms with Crippen LogP contribution in [0.1, 0.15) is 5.69 Å². The molecule has 2 heterocycles. The normalized spacial score (nSPS) is 10.2. The molecular weight excluding hydrogens is 212 g/mol. The summed E-state index contributed by atoms with van der Waals surface area (Å²) in [5, 5.41) is 8.56. The smallest absolute Gasteiger partial charge is 0.230 e. The molecule has 6 heteroatoms. The molecule has 2 aromatic rings. The first-order valence-electron chi connectivity index (χ1n) is 4.39. The van der Waals surface area contributed by atoms with Crippen LogP contribution in [0.2, 0.25) is 0 Å². The number of anilines is 1. The minimum Gasteiger partial charge on any atom is -0.323 e. The van der Waals surface area contributed by atoms with Crippen LogP contribution in [0, 0.1) is 0 Å². The average molecular weight is 222 g/mol. The van der Waals surface area contributed by atoms with Gasteiger partial charge in [-0.1, -0.05) is 0 Å². The van der Waals surface area contributed by atoms with Crippen molar-refractivity contribution in [3.05, 3.63) is 29.0 Å². The summed E-state index contributed by atoms with van der Waals surface area (Å²) >= 11 is 1.48. The fourth-order valence-corrected chi connectivity index (χ4v) is 1.74. The zero-order chi connectivity index (χ0) is 10.7. The topological polar surface area (TPSA) is 59.8 Å². The number of rotatable bonds is 3. The molecule has 78 valence electrons. The van der Waals surface area contributed by atoms with E-state index in [-0.39, 0.29) is 5.91 Å². The van der Waals surface area contributed by atoms with Crippen LogP contribution in [-0.2, 0) is 18.3 Å². The standard InChI is InChI=1S/C9H10N4OS/c1-13-4-8(3-11-13)12-9(14)2-7-5-15-6-10-7/h3-6H,2H2,1H3,(H,12,14). The summed E-state index contributed by atoms with van der Waals surface area (Å²) in [7, 11) is 1.80. The van der Waals surface area contributed by atoms with Crippen LogP contribution in [0.4, 0.5) is 5.69 Å². The summed E-state index contributed by atoms with van der Waals surface area (Å²) in [6, 6.07) is 0. The summed E-state index contributed by atoms with van der Waals surface area (Å²) in [5.74, 6) is -0.0751. The van der Waals surface area contributed by atoms with E-state index >= 15 is 0 Å². The number of nitrogens with one attached hydrogen (secondary N) is 1. The van der Waals surface area contributed by atoms with E-state index in [4.69, 9.17) is 0 Å². The van der Waals surface area contributed by atoms with Crippen molar-refractivity contribution in [1.82, 2.24) is 14.8 Å². The van der Waals surface area contributed by atoms with Crippen LogP contribution < -0.4 is 5.32 Å². The first kappa shape index (κ1) is 9.85. The lowest BCUT2D eigenvalue weighted by atomic mass is 10.3. The van der Waals surface area contributed by atoms with E-state index in [0.29, 0.717) is 12.1 Å². The third kappa shape index (κ3) is 2.63. The first-order chi connectivity index (χ1) is 7.24. The molecule has 0 aliphatic heterocycles. The number of hydrogen-bond donors (Lipinski definition) is 1. The fraction of sp³-hybridized carbons (Fsp3) is 0.222. The molecule has 0 aliphatic carbocycles. The summed E-state index contributed by atoms with van der Waals surface area (Å²) in [4.78, 5) is 15.5. The monoisotopic (exact) mass is 222 g/mol. The third-order valence-electron chi connectivity index (χ3n) is 1.81. The molecule has 1 amide bonds. The largest absolute Gasteiger partial charge is 0.323 e. The minimum atomic E-state index is -0.0751. The maximum absolute atomic E-state index is 11.5. The Kier molecular flexibility index (Phi) is 2.77. The first-order valence-corrected chi connectivity index (χ1v) is 5.34. The zero-order valence-electron chi connectivity index (χ0n) is 8.17. The van der Waals surface area contributed by atoms with Crippen molar-refractivity contribution in [3.63, 3.8) is 0 Å². The SMILES string of the molecule is Cn1cc(NC(=O)Cc2cscn2)cn1. The van der Waals surface area contributed by atoms with E-state index in [1.54, 1.807) is 29.6 Å². The summed E-state index contributed by atoms with van der Waals surface area (Å²) in [5.41, 5.74) is 3.21. The van der Waals surface area contributed by atoms with Crippen LogP contribution in [0.25, 0.3) is 0 Å². The van der Waals surface area contributed by atoms with Crippen molar-refractivity contribution in [2.24, 2.45) is 7.05 Å². The van der Waals surface area contributed by atoms with Gasteiger partial charge in [-0.15, -0.1) is 11.3 Å². The van der Waals surface area contributed by atoms with Gasteiger partial charge in [-0.05, 0) is 0 Å². The van der Waals surface area contributed by atoms with Gasteiger partial charge in [0.05, 0.1) is 29.5 Å². The number of carbonyl (C=O) groups is 1. The van der Waals surface area contributed by atoms with Gasteiger partial charge >= 0.3 is 0 Å². The highest BCUT2D eigenvalue weighted by molar-refractivity contribution is 7.07. The molecule has 5 nitrogen and oxygen atoms in total. The predicted molar refractivity (Wildman–Crippen MR) is 57.7 cm³/mol. The van der Waals surface area contributed by atoms with Gasteiger partial charge in [0.15, 0.2) is 0 Å². The van der Waals surface area contributed by atoms with Crippen LogP contribution in [0.15, 0.2) is 23.3 Å². The maximum atomic E-state index is 11.5. The fourth-order valence-electron chi connectivity index (χ4n) is 1.18. The van der Waals surface area contributed by atoms with Gasteiger partial charge in [-0.2, -0.15) is 5.10 Å². The van der Waals surface area contributed by atoms with Crippen LogP contribution in [0.3, 0.4) is 0 Å². The Labute approximate surface area is 90.8 Å². The summed E-state index contributed by atoms with van der Waals surface area (Å²) in [6.45, 7) is 0. The van der Waals surface area contributed by atoms with E-state index in [2.05, 4.69) is 15.4 Å². The number of hydrogen-bond acceptors (Lipinski definition) is 4. The molecule has 0 spiro atoms. The van der Waals surface area contributed by atoms with Crippen molar-refractivity contribution < 1.29 is 4.79 Å². The van der Waals surface area contributed by atoms with E-state index < -0.39 is 0 Å². The Balaban J connectivity index is 1.93. The molecule has 1 N–H and O–H groups in total. The molecule has 0 saturated carbocycles. The molecule has 0 atom stereocenters. The highest BCUT2D eigenvalue weighted by Gasteiger charge is 2.06. The van der Waals surface area contributed by atoms with Gasteiger partial charge in [-0.25, -0.2) is 4.98 Å².